The molecule has 2 amide bonds. The van der Waals surface area contributed by atoms with Gasteiger partial charge in [-0.25, -0.2) is 17.9 Å². The van der Waals surface area contributed by atoms with Crippen molar-refractivity contribution < 1.29 is 27.3 Å². The normalized spacial score (nSPS) is 11.2. The molecular weight excluding hydrogens is 618 g/mol. The first-order valence-electron chi connectivity index (χ1n) is 15.0. The first-order valence-corrected chi connectivity index (χ1v) is 16.5. The molecular formula is C35H35N5O6S. The molecule has 0 fully saturated rings. The number of rotatable bonds is 12. The van der Waals surface area contributed by atoms with Crippen molar-refractivity contribution in [1.29, 1.82) is 0 Å². The molecule has 0 spiro atoms. The first-order chi connectivity index (χ1) is 22.6. The summed E-state index contributed by atoms with van der Waals surface area (Å²) >= 11 is 0. The van der Waals surface area contributed by atoms with Crippen molar-refractivity contribution in [3.8, 4) is 22.8 Å². The fourth-order valence-corrected chi connectivity index (χ4v) is 5.64. The number of amides is 2. The Labute approximate surface area is 273 Å². The van der Waals surface area contributed by atoms with E-state index in [2.05, 4.69) is 38.9 Å². The Morgan fingerprint density at radius 3 is 2.34 bits per heavy atom. The summed E-state index contributed by atoms with van der Waals surface area (Å²) in [6.07, 6.45) is 0.349. The van der Waals surface area contributed by atoms with E-state index in [0.717, 1.165) is 24.2 Å². The Bertz CT molecular complexity index is 1950. The fourth-order valence-electron chi connectivity index (χ4n) is 4.64. The average molecular weight is 654 g/mol. The topological polar surface area (TPSA) is 144 Å². The van der Waals surface area contributed by atoms with Gasteiger partial charge in [0.2, 0.25) is 5.82 Å². The number of benzene rings is 4. The van der Waals surface area contributed by atoms with E-state index in [0.29, 0.717) is 22.7 Å². The molecule has 11 nitrogen and oxygen atoms in total. The SMILES string of the molecule is CC(C)CCN(C)c1ccc(-c2noc(-c3cccc(C(=O)NS(=O)(=O)c4ccccc4)c3)n2)cc1NC(=O)OCc1ccccc1. The lowest BCUT2D eigenvalue weighted by atomic mass is 10.1. The summed E-state index contributed by atoms with van der Waals surface area (Å²) in [6.45, 7) is 5.20. The molecule has 0 unspecified atom stereocenters. The molecule has 0 saturated heterocycles. The molecule has 0 atom stereocenters. The summed E-state index contributed by atoms with van der Waals surface area (Å²) in [5.41, 5.74) is 3.25. The van der Waals surface area contributed by atoms with Crippen molar-refractivity contribution in [3.05, 3.63) is 114 Å². The Morgan fingerprint density at radius 2 is 1.62 bits per heavy atom. The fraction of sp³-hybridized carbons (Fsp3) is 0.200. The van der Waals surface area contributed by atoms with Crippen LogP contribution in [-0.2, 0) is 21.4 Å². The summed E-state index contributed by atoms with van der Waals surface area (Å²) in [4.78, 5) is 32.3. The van der Waals surface area contributed by atoms with Gasteiger partial charge in [0.1, 0.15) is 6.61 Å². The molecule has 0 radical (unpaired) electrons. The van der Waals surface area contributed by atoms with Gasteiger partial charge >= 0.3 is 6.09 Å². The van der Waals surface area contributed by atoms with Crippen molar-refractivity contribution >= 4 is 33.4 Å². The van der Waals surface area contributed by atoms with Gasteiger partial charge in [-0.15, -0.1) is 0 Å². The van der Waals surface area contributed by atoms with E-state index in [9.17, 15) is 18.0 Å². The number of carbonyl (C=O) groups is 2. The smallest absolute Gasteiger partial charge is 0.412 e. The predicted octanol–water partition coefficient (Wildman–Crippen LogP) is 6.75. The van der Waals surface area contributed by atoms with Crippen LogP contribution in [0, 0.1) is 5.92 Å². The van der Waals surface area contributed by atoms with Gasteiger partial charge in [0.05, 0.1) is 16.3 Å². The zero-order chi connectivity index (χ0) is 33.4. The third kappa shape index (κ3) is 8.61. The molecule has 1 aromatic heterocycles. The Morgan fingerprint density at radius 1 is 0.894 bits per heavy atom. The standard InChI is InChI=1S/C35H35N5O6S/c1-24(2)19-20-40(3)31-18-17-26(22-30(31)36-35(42)45-23-25-11-6-4-7-12-25)32-37-34(46-38-32)28-14-10-13-27(21-28)33(41)39-47(43,44)29-15-8-5-9-16-29/h4-18,21-22,24H,19-20,23H2,1-3H3,(H,36,42)(H,39,41). The summed E-state index contributed by atoms with van der Waals surface area (Å²) in [7, 11) is -2.10. The van der Waals surface area contributed by atoms with Crippen LogP contribution in [0.5, 0.6) is 0 Å². The predicted molar refractivity (Wildman–Crippen MR) is 179 cm³/mol. The number of hydrogen-bond donors (Lipinski definition) is 2. The highest BCUT2D eigenvalue weighted by molar-refractivity contribution is 7.90. The van der Waals surface area contributed by atoms with Crippen molar-refractivity contribution in [2.75, 3.05) is 23.8 Å². The third-order valence-electron chi connectivity index (χ3n) is 7.24. The van der Waals surface area contributed by atoms with Gasteiger partial charge in [-0.1, -0.05) is 73.6 Å². The highest BCUT2D eigenvalue weighted by atomic mass is 32.2. The minimum Gasteiger partial charge on any atom is -0.444 e. The van der Waals surface area contributed by atoms with Crippen LogP contribution >= 0.6 is 0 Å². The van der Waals surface area contributed by atoms with Crippen LogP contribution in [0.4, 0.5) is 16.2 Å². The highest BCUT2D eigenvalue weighted by Crippen LogP contribution is 2.32. The van der Waals surface area contributed by atoms with Crippen LogP contribution in [0.2, 0.25) is 0 Å². The quantitative estimate of drug-likeness (QED) is 0.149. The van der Waals surface area contributed by atoms with Crippen molar-refractivity contribution in [2.45, 2.75) is 31.8 Å². The van der Waals surface area contributed by atoms with Crippen LogP contribution in [0.15, 0.2) is 113 Å². The number of hydrogen-bond acceptors (Lipinski definition) is 9. The number of nitrogens with one attached hydrogen (secondary N) is 2. The van der Waals surface area contributed by atoms with Crippen LogP contribution in [0.25, 0.3) is 22.8 Å². The van der Waals surface area contributed by atoms with Gasteiger partial charge < -0.3 is 14.2 Å². The second-order valence-electron chi connectivity index (χ2n) is 11.3. The van der Waals surface area contributed by atoms with Gasteiger partial charge in [-0.3, -0.25) is 10.1 Å². The van der Waals surface area contributed by atoms with Gasteiger partial charge in [0.25, 0.3) is 21.8 Å². The molecule has 242 valence electrons. The molecule has 0 aliphatic rings. The van der Waals surface area contributed by atoms with Crippen LogP contribution < -0.4 is 14.9 Å². The zero-order valence-electron chi connectivity index (χ0n) is 26.2. The summed E-state index contributed by atoms with van der Waals surface area (Å²) in [5, 5.41) is 6.99. The van der Waals surface area contributed by atoms with E-state index in [1.54, 1.807) is 36.4 Å². The van der Waals surface area contributed by atoms with E-state index in [1.165, 1.54) is 24.3 Å². The van der Waals surface area contributed by atoms with Gasteiger partial charge in [-0.05, 0) is 66.4 Å². The van der Waals surface area contributed by atoms with Crippen molar-refractivity contribution in [3.63, 3.8) is 0 Å². The molecule has 0 bridgehead atoms. The Hall–Kier alpha value is -5.49. The second kappa shape index (κ2) is 14.7. The van der Waals surface area contributed by atoms with E-state index in [1.807, 2.05) is 49.5 Å². The molecule has 0 aliphatic heterocycles. The molecule has 5 aromatic rings. The number of nitrogens with zero attached hydrogens (tertiary/aromatic N) is 3. The van der Waals surface area contributed by atoms with Crippen molar-refractivity contribution in [2.24, 2.45) is 5.92 Å². The monoisotopic (exact) mass is 653 g/mol. The minimum atomic E-state index is -4.06. The Balaban J connectivity index is 1.36. The maximum absolute atomic E-state index is 12.9. The van der Waals surface area contributed by atoms with E-state index < -0.39 is 22.0 Å². The van der Waals surface area contributed by atoms with Crippen LogP contribution in [-0.4, -0.2) is 44.2 Å². The van der Waals surface area contributed by atoms with Crippen LogP contribution in [0.3, 0.4) is 0 Å². The van der Waals surface area contributed by atoms with Gasteiger partial charge in [-0.2, -0.15) is 4.98 Å². The Kier molecular flexibility index (Phi) is 10.3. The first kappa shape index (κ1) is 32.9. The molecule has 0 aliphatic carbocycles. The molecule has 47 heavy (non-hydrogen) atoms. The maximum atomic E-state index is 12.9. The number of sulfonamides is 1. The molecule has 4 aromatic carbocycles. The summed E-state index contributed by atoms with van der Waals surface area (Å²) in [6, 6.07) is 28.7. The molecule has 12 heteroatoms. The number of carbonyl (C=O) groups excluding carboxylic acids is 2. The summed E-state index contributed by atoms with van der Waals surface area (Å²) in [5.74, 6) is 0.0658. The number of aromatic nitrogens is 2. The highest BCUT2D eigenvalue weighted by Gasteiger charge is 2.20. The van der Waals surface area contributed by atoms with E-state index in [-0.39, 0.29) is 28.8 Å². The number of ether oxygens (including phenoxy) is 1. The lowest BCUT2D eigenvalue weighted by molar-refractivity contribution is 0.0981. The molecule has 1 heterocycles. The lowest BCUT2D eigenvalue weighted by Crippen LogP contribution is -2.30. The van der Waals surface area contributed by atoms with Gasteiger partial charge in [0.15, 0.2) is 0 Å². The van der Waals surface area contributed by atoms with E-state index in [4.69, 9.17) is 9.26 Å². The summed E-state index contributed by atoms with van der Waals surface area (Å²) < 4.78 is 38.4. The largest absolute Gasteiger partial charge is 0.444 e. The minimum absolute atomic E-state index is 0.0264. The third-order valence-corrected chi connectivity index (χ3v) is 8.58. The molecule has 2 N–H and O–H groups in total. The van der Waals surface area contributed by atoms with E-state index >= 15 is 0 Å². The average Bonchev–Trinajstić information content (AvgIpc) is 3.58. The molecule has 0 saturated carbocycles. The number of anilines is 2. The lowest BCUT2D eigenvalue weighted by Gasteiger charge is -2.24. The zero-order valence-corrected chi connectivity index (χ0v) is 27.0. The van der Waals surface area contributed by atoms with Gasteiger partial charge in [0, 0.05) is 30.3 Å². The maximum Gasteiger partial charge on any atom is 0.412 e. The molecule has 5 rings (SSSR count). The van der Waals surface area contributed by atoms with Crippen LogP contribution in [0.1, 0.15) is 36.2 Å². The second-order valence-corrected chi connectivity index (χ2v) is 13.0. The van der Waals surface area contributed by atoms with Crippen molar-refractivity contribution in [1.82, 2.24) is 14.9 Å².